The summed E-state index contributed by atoms with van der Waals surface area (Å²) in [5, 5.41) is 6.82. The molecule has 3 heterocycles. The van der Waals surface area contributed by atoms with E-state index in [1.165, 1.54) is 0 Å². The molecule has 8 heteroatoms. The number of anilines is 2. The van der Waals surface area contributed by atoms with E-state index in [2.05, 4.69) is 20.6 Å². The molecule has 2 N–H and O–H groups in total. The van der Waals surface area contributed by atoms with Crippen LogP contribution in [-0.2, 0) is 17.9 Å². The zero-order valence-electron chi connectivity index (χ0n) is 17.0. The first kappa shape index (κ1) is 19.4. The fourth-order valence-corrected chi connectivity index (χ4v) is 4.04. The summed E-state index contributed by atoms with van der Waals surface area (Å²) in [6, 6.07) is 8.22. The Hall–Kier alpha value is -2.87. The first-order chi connectivity index (χ1) is 14.2. The maximum atomic E-state index is 12.9. The third kappa shape index (κ3) is 4.27. The molecule has 154 valence electrons. The van der Waals surface area contributed by atoms with Gasteiger partial charge in [-0.15, -0.1) is 0 Å². The predicted octanol–water partition coefficient (Wildman–Crippen LogP) is 1.63. The van der Waals surface area contributed by atoms with Gasteiger partial charge in [0.1, 0.15) is 23.7 Å². The van der Waals surface area contributed by atoms with E-state index in [9.17, 15) is 4.79 Å². The number of methoxy groups -OCH3 is 1. The second kappa shape index (κ2) is 8.65. The SMILES string of the molecule is COc1ccc(CNc2ncnc3c2CN(C2CCNCC2)C(=O)CN3C)cc1. The summed E-state index contributed by atoms with van der Waals surface area (Å²) in [4.78, 5) is 25.9. The van der Waals surface area contributed by atoms with Crippen molar-refractivity contribution in [3.63, 3.8) is 0 Å². The van der Waals surface area contributed by atoms with Crippen LogP contribution in [0.3, 0.4) is 0 Å². The second-order valence-corrected chi connectivity index (χ2v) is 7.58. The standard InChI is InChI=1S/C21H28N6O2/c1-26-13-19(28)27(16-7-9-22-10-8-16)12-18-20(24-14-25-21(18)26)23-11-15-3-5-17(29-2)6-4-15/h3-6,14,16,22H,7-13H2,1-2H3,(H,23,24,25). The van der Waals surface area contributed by atoms with Crippen molar-refractivity contribution in [3.8, 4) is 5.75 Å². The molecule has 8 nitrogen and oxygen atoms in total. The van der Waals surface area contributed by atoms with E-state index in [1.807, 2.05) is 41.1 Å². The Balaban J connectivity index is 1.57. The van der Waals surface area contributed by atoms with Gasteiger partial charge in [0.15, 0.2) is 0 Å². The summed E-state index contributed by atoms with van der Waals surface area (Å²) in [6.07, 6.45) is 3.52. The number of piperidine rings is 1. The van der Waals surface area contributed by atoms with E-state index in [0.29, 0.717) is 19.6 Å². The van der Waals surface area contributed by atoms with Crippen molar-refractivity contribution in [1.82, 2.24) is 20.2 Å². The molecule has 4 rings (SSSR count). The van der Waals surface area contributed by atoms with Gasteiger partial charge in [-0.05, 0) is 43.6 Å². The molecular formula is C21H28N6O2. The number of nitrogens with zero attached hydrogens (tertiary/aromatic N) is 4. The van der Waals surface area contributed by atoms with Gasteiger partial charge in [-0.1, -0.05) is 12.1 Å². The highest BCUT2D eigenvalue weighted by Crippen LogP contribution is 2.30. The van der Waals surface area contributed by atoms with Crippen LogP contribution in [0.2, 0.25) is 0 Å². The Morgan fingerprint density at radius 3 is 2.66 bits per heavy atom. The van der Waals surface area contributed by atoms with E-state index in [-0.39, 0.29) is 11.9 Å². The summed E-state index contributed by atoms with van der Waals surface area (Å²) >= 11 is 0. The van der Waals surface area contributed by atoms with Crippen molar-refractivity contribution in [3.05, 3.63) is 41.7 Å². The van der Waals surface area contributed by atoms with Gasteiger partial charge < -0.3 is 25.2 Å². The molecule has 0 aliphatic carbocycles. The van der Waals surface area contributed by atoms with Crippen LogP contribution in [0.15, 0.2) is 30.6 Å². The number of hydrogen-bond donors (Lipinski definition) is 2. The second-order valence-electron chi connectivity index (χ2n) is 7.58. The number of benzene rings is 1. The molecule has 1 amide bonds. The smallest absolute Gasteiger partial charge is 0.242 e. The molecule has 1 aromatic carbocycles. The molecule has 2 aliphatic heterocycles. The molecule has 2 aromatic rings. The molecule has 0 unspecified atom stereocenters. The first-order valence-electron chi connectivity index (χ1n) is 10.1. The van der Waals surface area contributed by atoms with Crippen LogP contribution < -0.4 is 20.3 Å². The molecule has 0 saturated carbocycles. The molecule has 0 spiro atoms. The number of hydrogen-bond acceptors (Lipinski definition) is 7. The van der Waals surface area contributed by atoms with Crippen molar-refractivity contribution in [1.29, 1.82) is 0 Å². The molecule has 0 radical (unpaired) electrons. The minimum atomic E-state index is 0.151. The van der Waals surface area contributed by atoms with Gasteiger partial charge >= 0.3 is 0 Å². The number of nitrogens with one attached hydrogen (secondary N) is 2. The molecule has 0 bridgehead atoms. The van der Waals surface area contributed by atoms with Crippen LogP contribution >= 0.6 is 0 Å². The van der Waals surface area contributed by atoms with Gasteiger partial charge in [-0.25, -0.2) is 9.97 Å². The van der Waals surface area contributed by atoms with E-state index >= 15 is 0 Å². The Morgan fingerprint density at radius 1 is 1.17 bits per heavy atom. The quantitative estimate of drug-likeness (QED) is 0.795. The Bertz CT molecular complexity index is 851. The lowest BCUT2D eigenvalue weighted by Gasteiger charge is -2.34. The summed E-state index contributed by atoms with van der Waals surface area (Å²) in [5.74, 6) is 2.59. The highest BCUT2D eigenvalue weighted by atomic mass is 16.5. The first-order valence-corrected chi connectivity index (χ1v) is 10.1. The largest absolute Gasteiger partial charge is 0.497 e. The molecular weight excluding hydrogens is 368 g/mol. The molecule has 1 fully saturated rings. The summed E-state index contributed by atoms with van der Waals surface area (Å²) < 4.78 is 5.22. The third-order valence-electron chi connectivity index (χ3n) is 5.67. The maximum absolute atomic E-state index is 12.9. The van der Waals surface area contributed by atoms with Gasteiger partial charge in [0.2, 0.25) is 5.91 Å². The number of ether oxygens (including phenoxy) is 1. The minimum Gasteiger partial charge on any atom is -0.497 e. The van der Waals surface area contributed by atoms with Crippen LogP contribution in [0.1, 0.15) is 24.0 Å². The number of rotatable bonds is 5. The highest BCUT2D eigenvalue weighted by Gasteiger charge is 2.32. The number of carbonyl (C=O) groups excluding carboxylic acids is 1. The van der Waals surface area contributed by atoms with E-state index in [0.717, 1.165) is 54.4 Å². The Labute approximate surface area is 171 Å². The topological polar surface area (TPSA) is 82.6 Å². The molecule has 1 saturated heterocycles. The zero-order chi connectivity index (χ0) is 20.2. The van der Waals surface area contributed by atoms with Crippen LogP contribution in [0.5, 0.6) is 5.75 Å². The normalized spacial score (nSPS) is 17.7. The van der Waals surface area contributed by atoms with Gasteiger partial charge in [0.05, 0.1) is 25.8 Å². The van der Waals surface area contributed by atoms with Crippen LogP contribution in [0.4, 0.5) is 11.6 Å². The Morgan fingerprint density at radius 2 is 1.93 bits per heavy atom. The van der Waals surface area contributed by atoms with Crippen molar-refractivity contribution in [2.75, 3.05) is 44.0 Å². The van der Waals surface area contributed by atoms with E-state index in [4.69, 9.17) is 4.74 Å². The number of fused-ring (bicyclic) bond motifs is 1. The van der Waals surface area contributed by atoms with Crippen LogP contribution in [0, 0.1) is 0 Å². The summed E-state index contributed by atoms with van der Waals surface area (Å²) in [5.41, 5.74) is 2.11. The third-order valence-corrected chi connectivity index (χ3v) is 5.67. The lowest BCUT2D eigenvalue weighted by Crippen LogP contribution is -2.47. The van der Waals surface area contributed by atoms with Gasteiger partial charge in [0, 0.05) is 19.6 Å². The van der Waals surface area contributed by atoms with Gasteiger partial charge in [-0.3, -0.25) is 4.79 Å². The van der Waals surface area contributed by atoms with Gasteiger partial charge in [-0.2, -0.15) is 0 Å². The van der Waals surface area contributed by atoms with Crippen molar-refractivity contribution < 1.29 is 9.53 Å². The number of amides is 1. The van der Waals surface area contributed by atoms with Crippen molar-refractivity contribution >= 4 is 17.5 Å². The minimum absolute atomic E-state index is 0.151. The summed E-state index contributed by atoms with van der Waals surface area (Å²) in [7, 11) is 3.58. The average molecular weight is 396 g/mol. The lowest BCUT2D eigenvalue weighted by atomic mass is 10.0. The predicted molar refractivity (Wildman–Crippen MR) is 112 cm³/mol. The maximum Gasteiger partial charge on any atom is 0.242 e. The molecule has 1 aromatic heterocycles. The highest BCUT2D eigenvalue weighted by molar-refractivity contribution is 5.84. The summed E-state index contributed by atoms with van der Waals surface area (Å²) in [6.45, 7) is 3.41. The van der Waals surface area contributed by atoms with Gasteiger partial charge in [0.25, 0.3) is 0 Å². The van der Waals surface area contributed by atoms with E-state index in [1.54, 1.807) is 13.4 Å². The fraction of sp³-hybridized carbons (Fsp3) is 0.476. The Kier molecular flexibility index (Phi) is 5.80. The average Bonchev–Trinajstić information content (AvgIpc) is 2.89. The number of likely N-dealkylation sites (N-methyl/N-ethyl adjacent to an activating group) is 1. The lowest BCUT2D eigenvalue weighted by molar-refractivity contribution is -0.133. The van der Waals surface area contributed by atoms with Crippen molar-refractivity contribution in [2.24, 2.45) is 0 Å². The van der Waals surface area contributed by atoms with E-state index < -0.39 is 0 Å². The molecule has 2 aliphatic rings. The molecule has 0 atom stereocenters. The zero-order valence-corrected chi connectivity index (χ0v) is 17.0. The molecule has 29 heavy (non-hydrogen) atoms. The number of carbonyl (C=O) groups is 1. The van der Waals surface area contributed by atoms with Crippen LogP contribution in [0.25, 0.3) is 0 Å². The number of aromatic nitrogens is 2. The van der Waals surface area contributed by atoms with Crippen molar-refractivity contribution in [2.45, 2.75) is 32.0 Å². The monoisotopic (exact) mass is 396 g/mol. The van der Waals surface area contributed by atoms with Crippen LogP contribution in [-0.4, -0.2) is 60.6 Å². The fourth-order valence-electron chi connectivity index (χ4n) is 4.04.